The lowest BCUT2D eigenvalue weighted by molar-refractivity contribution is 0.100. The van der Waals surface area contributed by atoms with E-state index in [2.05, 4.69) is 20.3 Å². The second-order valence-electron chi connectivity index (χ2n) is 6.30. The Morgan fingerprint density at radius 1 is 1.26 bits per heavy atom. The van der Waals surface area contributed by atoms with Gasteiger partial charge in [-0.25, -0.2) is 9.78 Å². The lowest BCUT2D eigenvalue weighted by atomic mass is 10.1. The number of nitrogens with two attached hydrogens (primary N) is 1. The van der Waals surface area contributed by atoms with Crippen LogP contribution in [0.4, 0.5) is 10.8 Å². The Hall–Kier alpha value is -3.33. The molecule has 5 N–H and O–H groups in total. The highest BCUT2D eigenvalue weighted by Crippen LogP contribution is 2.35. The average Bonchev–Trinajstić information content (AvgIpc) is 3.17. The van der Waals surface area contributed by atoms with Crippen LogP contribution in [0, 0.1) is 0 Å². The van der Waals surface area contributed by atoms with E-state index in [9.17, 15) is 9.59 Å². The van der Waals surface area contributed by atoms with E-state index in [0.717, 1.165) is 4.70 Å². The monoisotopic (exact) mass is 383 g/mol. The highest BCUT2D eigenvalue weighted by Gasteiger charge is 2.14. The summed E-state index contributed by atoms with van der Waals surface area (Å²) in [4.78, 5) is 33.2. The Morgan fingerprint density at radius 2 is 2.07 bits per heavy atom. The molecule has 0 unspecified atom stereocenters. The van der Waals surface area contributed by atoms with Gasteiger partial charge < -0.3 is 25.8 Å². The molecule has 0 radical (unpaired) electrons. The molecule has 0 atom stereocenters. The van der Waals surface area contributed by atoms with Crippen molar-refractivity contribution in [2.75, 3.05) is 5.32 Å². The van der Waals surface area contributed by atoms with Gasteiger partial charge >= 0.3 is 5.69 Å². The molecule has 2 heterocycles. The minimum absolute atomic E-state index is 0.0371. The van der Waals surface area contributed by atoms with Crippen molar-refractivity contribution in [1.82, 2.24) is 15.0 Å². The molecule has 0 spiro atoms. The van der Waals surface area contributed by atoms with Gasteiger partial charge in [-0.2, -0.15) is 0 Å². The molecule has 138 valence electrons. The zero-order chi connectivity index (χ0) is 19.1. The van der Waals surface area contributed by atoms with Gasteiger partial charge in [0.25, 0.3) is 0 Å². The number of ether oxygens (including phenoxy) is 1. The smallest absolute Gasteiger partial charge is 0.323 e. The second-order valence-corrected chi connectivity index (χ2v) is 7.33. The number of primary amides is 1. The fourth-order valence-corrected chi connectivity index (χ4v) is 3.68. The average molecular weight is 383 g/mol. The number of carbonyl (C=O) groups is 1. The molecular formula is C18H17N5O3S. The van der Waals surface area contributed by atoms with Crippen molar-refractivity contribution in [1.29, 1.82) is 0 Å². The van der Waals surface area contributed by atoms with Crippen LogP contribution < -0.4 is 21.5 Å². The number of aromatic nitrogens is 3. The zero-order valence-corrected chi connectivity index (χ0v) is 15.4. The summed E-state index contributed by atoms with van der Waals surface area (Å²) in [6, 6.07) is 8.70. The second kappa shape index (κ2) is 6.44. The van der Waals surface area contributed by atoms with Crippen LogP contribution in [0.1, 0.15) is 24.2 Å². The topological polar surface area (TPSA) is 126 Å². The predicted octanol–water partition coefficient (Wildman–Crippen LogP) is 3.10. The summed E-state index contributed by atoms with van der Waals surface area (Å²) in [6.07, 6.45) is -0.0371. The van der Waals surface area contributed by atoms with Crippen molar-refractivity contribution in [3.63, 3.8) is 0 Å². The normalized spacial score (nSPS) is 11.4. The first-order valence-electron chi connectivity index (χ1n) is 8.30. The molecule has 0 fully saturated rings. The number of aromatic amines is 2. The summed E-state index contributed by atoms with van der Waals surface area (Å²) in [7, 11) is 0. The van der Waals surface area contributed by atoms with Crippen molar-refractivity contribution in [3.8, 4) is 5.75 Å². The van der Waals surface area contributed by atoms with Crippen molar-refractivity contribution in [2.45, 2.75) is 20.0 Å². The molecule has 27 heavy (non-hydrogen) atoms. The van der Waals surface area contributed by atoms with E-state index in [-0.39, 0.29) is 11.8 Å². The first kappa shape index (κ1) is 17.1. The number of fused-ring (bicyclic) bond motifs is 3. The van der Waals surface area contributed by atoms with Crippen LogP contribution in [0.5, 0.6) is 5.75 Å². The summed E-state index contributed by atoms with van der Waals surface area (Å²) in [6.45, 7) is 3.84. The molecule has 2 aromatic carbocycles. The van der Waals surface area contributed by atoms with Crippen LogP contribution in [-0.2, 0) is 0 Å². The number of carbonyl (C=O) groups excluding carboxylic acids is 1. The van der Waals surface area contributed by atoms with Crippen LogP contribution in [0.2, 0.25) is 0 Å². The van der Waals surface area contributed by atoms with Crippen LogP contribution in [0.3, 0.4) is 0 Å². The fraction of sp³-hybridized carbons (Fsp3) is 0.167. The molecule has 4 rings (SSSR count). The SMILES string of the molecule is CC(C)Oc1ccc(C(N)=O)cc1Nc1nc2c(ccc3[nH]c(=O)[nH]c32)s1. The van der Waals surface area contributed by atoms with Crippen LogP contribution in [0.15, 0.2) is 35.1 Å². The number of imidazole rings is 1. The maximum absolute atomic E-state index is 11.6. The Labute approximate surface area is 157 Å². The molecule has 0 saturated carbocycles. The first-order valence-corrected chi connectivity index (χ1v) is 9.11. The van der Waals surface area contributed by atoms with Gasteiger partial charge in [-0.3, -0.25) is 4.79 Å². The van der Waals surface area contributed by atoms with E-state index in [1.54, 1.807) is 18.2 Å². The lowest BCUT2D eigenvalue weighted by Gasteiger charge is -2.15. The third-order valence-electron chi connectivity index (χ3n) is 3.92. The number of hydrogen-bond acceptors (Lipinski definition) is 6. The van der Waals surface area contributed by atoms with Gasteiger partial charge in [-0.05, 0) is 44.2 Å². The van der Waals surface area contributed by atoms with Crippen molar-refractivity contribution < 1.29 is 9.53 Å². The summed E-state index contributed by atoms with van der Waals surface area (Å²) < 4.78 is 6.72. The highest BCUT2D eigenvalue weighted by atomic mass is 32.1. The largest absolute Gasteiger partial charge is 0.489 e. The Balaban J connectivity index is 1.78. The van der Waals surface area contributed by atoms with Crippen molar-refractivity contribution >= 4 is 49.3 Å². The highest BCUT2D eigenvalue weighted by molar-refractivity contribution is 7.22. The minimum Gasteiger partial charge on any atom is -0.489 e. The fourth-order valence-electron chi connectivity index (χ4n) is 2.80. The van der Waals surface area contributed by atoms with Gasteiger partial charge in [-0.1, -0.05) is 11.3 Å². The lowest BCUT2D eigenvalue weighted by Crippen LogP contribution is -2.12. The maximum atomic E-state index is 11.6. The predicted molar refractivity (Wildman–Crippen MR) is 106 cm³/mol. The zero-order valence-electron chi connectivity index (χ0n) is 14.6. The van der Waals surface area contributed by atoms with E-state index in [1.807, 2.05) is 26.0 Å². The third-order valence-corrected chi connectivity index (χ3v) is 4.85. The van der Waals surface area contributed by atoms with Gasteiger partial charge in [0.15, 0.2) is 5.13 Å². The number of benzene rings is 2. The van der Waals surface area contributed by atoms with E-state index in [1.165, 1.54) is 11.3 Å². The number of nitrogens with zero attached hydrogens (tertiary/aromatic N) is 1. The van der Waals surface area contributed by atoms with E-state index < -0.39 is 5.91 Å². The van der Waals surface area contributed by atoms with Gasteiger partial charge in [-0.15, -0.1) is 0 Å². The number of rotatable bonds is 5. The van der Waals surface area contributed by atoms with E-state index in [4.69, 9.17) is 10.5 Å². The van der Waals surface area contributed by atoms with Gasteiger partial charge in [0.1, 0.15) is 11.3 Å². The van der Waals surface area contributed by atoms with Crippen LogP contribution in [-0.4, -0.2) is 27.0 Å². The summed E-state index contributed by atoms with van der Waals surface area (Å²) in [5.74, 6) is 0.0690. The number of H-pyrrole nitrogens is 2. The quantitative estimate of drug-likeness (QED) is 0.421. The Kier molecular flexibility index (Phi) is 4.08. The molecule has 0 aliphatic heterocycles. The number of thiazole rings is 1. The van der Waals surface area contributed by atoms with E-state index >= 15 is 0 Å². The van der Waals surface area contributed by atoms with Crippen LogP contribution in [0.25, 0.3) is 21.3 Å². The molecule has 0 aliphatic rings. The molecule has 0 saturated heterocycles. The molecule has 8 nitrogen and oxygen atoms in total. The van der Waals surface area contributed by atoms with Crippen molar-refractivity contribution in [2.24, 2.45) is 5.73 Å². The number of anilines is 2. The van der Waals surface area contributed by atoms with E-state index in [0.29, 0.717) is 38.7 Å². The minimum atomic E-state index is -0.523. The number of amides is 1. The molecule has 4 aromatic rings. The number of nitrogens with one attached hydrogen (secondary N) is 3. The summed E-state index contributed by atoms with van der Waals surface area (Å²) >= 11 is 1.43. The Bertz CT molecular complexity index is 1220. The van der Waals surface area contributed by atoms with Crippen molar-refractivity contribution in [3.05, 3.63) is 46.4 Å². The first-order chi connectivity index (χ1) is 12.9. The summed E-state index contributed by atoms with van der Waals surface area (Å²) in [5.41, 5.74) is 8.13. The van der Waals surface area contributed by atoms with Gasteiger partial charge in [0.05, 0.1) is 27.5 Å². The molecule has 2 aromatic heterocycles. The molecule has 0 bridgehead atoms. The maximum Gasteiger partial charge on any atom is 0.323 e. The molecule has 0 aliphatic carbocycles. The molecule has 9 heteroatoms. The van der Waals surface area contributed by atoms with Gasteiger partial charge in [0.2, 0.25) is 5.91 Å². The third kappa shape index (κ3) is 3.24. The molecular weight excluding hydrogens is 366 g/mol. The van der Waals surface area contributed by atoms with Gasteiger partial charge in [0, 0.05) is 5.56 Å². The summed E-state index contributed by atoms with van der Waals surface area (Å²) in [5, 5.41) is 3.81. The standard InChI is InChI=1S/C18H17N5O3S/c1-8(2)26-12-5-3-9(16(19)24)7-11(12)21-18-23-15-13(27-18)6-4-10-14(15)22-17(25)20-10/h3-8H,1-2H3,(H2,19,24)(H,21,23)(H2,20,22,25). The van der Waals surface area contributed by atoms with Crippen LogP contribution >= 0.6 is 11.3 Å². The molecule has 1 amide bonds. The number of hydrogen-bond donors (Lipinski definition) is 4. The Morgan fingerprint density at radius 3 is 2.81 bits per heavy atom.